The smallest absolute Gasteiger partial charge is 0.249 e. The van der Waals surface area contributed by atoms with Gasteiger partial charge in [0.05, 0.1) is 6.61 Å². The minimum absolute atomic E-state index is 0.198. The first kappa shape index (κ1) is 15.0. The Hall–Kier alpha value is -1.09. The molecule has 1 atom stereocenters. The van der Waals surface area contributed by atoms with Gasteiger partial charge in [0.15, 0.2) is 0 Å². The zero-order valence-electron chi connectivity index (χ0n) is 11.8. The highest BCUT2D eigenvalue weighted by Gasteiger charge is 2.26. The summed E-state index contributed by atoms with van der Waals surface area (Å²) in [4.78, 5) is 14.3. The van der Waals surface area contributed by atoms with Gasteiger partial charge in [-0.2, -0.15) is 0 Å². The molecule has 102 valence electrons. The number of ether oxygens (including phenoxy) is 1. The lowest BCUT2D eigenvalue weighted by Crippen LogP contribution is -2.34. The summed E-state index contributed by atoms with van der Waals surface area (Å²) < 4.78 is 5.21. The van der Waals surface area contributed by atoms with Crippen LogP contribution in [-0.4, -0.2) is 36.6 Å². The zero-order valence-corrected chi connectivity index (χ0v) is 11.8. The molecule has 3 heteroatoms. The Kier molecular flexibility index (Phi) is 6.73. The molecule has 1 heterocycles. The second-order valence-corrected chi connectivity index (χ2v) is 4.62. The first-order valence-electron chi connectivity index (χ1n) is 6.95. The molecule has 0 aromatic rings. The third-order valence-corrected chi connectivity index (χ3v) is 3.32. The number of rotatable bonds is 6. The summed E-state index contributed by atoms with van der Waals surface area (Å²) in [6.45, 7) is 8.36. The van der Waals surface area contributed by atoms with Crippen LogP contribution in [0.15, 0.2) is 23.8 Å². The second kappa shape index (κ2) is 8.09. The van der Waals surface area contributed by atoms with E-state index in [4.69, 9.17) is 4.74 Å². The molecule has 1 saturated heterocycles. The molecule has 1 amide bonds. The Morgan fingerprint density at radius 1 is 1.44 bits per heavy atom. The van der Waals surface area contributed by atoms with Crippen molar-refractivity contribution >= 4 is 5.91 Å². The van der Waals surface area contributed by atoms with E-state index in [2.05, 4.69) is 6.92 Å². The van der Waals surface area contributed by atoms with Crippen LogP contribution in [0.3, 0.4) is 0 Å². The molecule has 0 bridgehead atoms. The third kappa shape index (κ3) is 4.30. The average Bonchev–Trinajstić information content (AvgIpc) is 2.79. The average molecular weight is 251 g/mol. The molecule has 1 rings (SSSR count). The lowest BCUT2D eigenvalue weighted by atomic mass is 10.1. The summed E-state index contributed by atoms with van der Waals surface area (Å²) >= 11 is 0. The molecule has 1 aliphatic heterocycles. The van der Waals surface area contributed by atoms with Crippen LogP contribution in [0, 0.1) is 0 Å². The van der Waals surface area contributed by atoms with Crippen LogP contribution in [0.2, 0.25) is 0 Å². The number of hydrogen-bond acceptors (Lipinski definition) is 2. The molecular formula is C15H25NO2. The molecule has 0 saturated carbocycles. The maximum Gasteiger partial charge on any atom is 0.249 e. The highest BCUT2D eigenvalue weighted by atomic mass is 16.5. The maximum absolute atomic E-state index is 12.3. The molecule has 0 aromatic carbocycles. The normalized spacial score (nSPS) is 20.9. The fourth-order valence-corrected chi connectivity index (χ4v) is 2.19. The molecular weight excluding hydrogens is 226 g/mol. The number of allylic oxidation sites excluding steroid dienone is 2. The first-order chi connectivity index (χ1) is 8.70. The minimum atomic E-state index is 0.198. The predicted molar refractivity (Wildman–Crippen MR) is 74.4 cm³/mol. The SMILES string of the molecule is CCOC/C=C\C=C(/CC)C(=O)N1CCCC1C. The topological polar surface area (TPSA) is 29.5 Å². The van der Waals surface area contributed by atoms with E-state index in [-0.39, 0.29) is 5.91 Å². The largest absolute Gasteiger partial charge is 0.378 e. The molecule has 1 unspecified atom stereocenters. The van der Waals surface area contributed by atoms with Crippen LogP contribution in [0.1, 0.15) is 40.0 Å². The molecule has 0 radical (unpaired) electrons. The fourth-order valence-electron chi connectivity index (χ4n) is 2.19. The summed E-state index contributed by atoms with van der Waals surface area (Å²) in [5, 5.41) is 0. The van der Waals surface area contributed by atoms with Crippen LogP contribution in [0.4, 0.5) is 0 Å². The molecule has 18 heavy (non-hydrogen) atoms. The van der Waals surface area contributed by atoms with Gasteiger partial charge in [-0.1, -0.05) is 25.2 Å². The molecule has 0 N–H and O–H groups in total. The zero-order chi connectivity index (χ0) is 13.4. The van der Waals surface area contributed by atoms with E-state index < -0.39 is 0 Å². The number of carbonyl (C=O) groups is 1. The van der Waals surface area contributed by atoms with Gasteiger partial charge in [0.1, 0.15) is 0 Å². The monoisotopic (exact) mass is 251 g/mol. The van der Waals surface area contributed by atoms with E-state index in [0.29, 0.717) is 12.6 Å². The quantitative estimate of drug-likeness (QED) is 0.413. The summed E-state index contributed by atoms with van der Waals surface area (Å²) in [5.41, 5.74) is 0.886. The van der Waals surface area contributed by atoms with Gasteiger partial charge in [-0.05, 0) is 33.1 Å². The van der Waals surface area contributed by atoms with Crippen molar-refractivity contribution in [2.75, 3.05) is 19.8 Å². The lowest BCUT2D eigenvalue weighted by Gasteiger charge is -2.22. The van der Waals surface area contributed by atoms with Gasteiger partial charge in [-0.25, -0.2) is 0 Å². The van der Waals surface area contributed by atoms with E-state index >= 15 is 0 Å². The Morgan fingerprint density at radius 3 is 2.78 bits per heavy atom. The number of amides is 1. The lowest BCUT2D eigenvalue weighted by molar-refractivity contribution is -0.127. The Morgan fingerprint density at radius 2 is 2.22 bits per heavy atom. The first-order valence-corrected chi connectivity index (χ1v) is 6.95. The van der Waals surface area contributed by atoms with Gasteiger partial charge in [0, 0.05) is 24.8 Å². The highest BCUT2D eigenvalue weighted by molar-refractivity contribution is 5.94. The van der Waals surface area contributed by atoms with E-state index in [9.17, 15) is 4.79 Å². The summed E-state index contributed by atoms with van der Waals surface area (Å²) in [5.74, 6) is 0.198. The molecule has 1 fully saturated rings. The van der Waals surface area contributed by atoms with Crippen LogP contribution in [-0.2, 0) is 9.53 Å². The van der Waals surface area contributed by atoms with Gasteiger partial charge in [0.25, 0.3) is 0 Å². The molecule has 1 aliphatic rings. The van der Waals surface area contributed by atoms with Gasteiger partial charge in [0.2, 0.25) is 5.91 Å². The Balaban J connectivity index is 2.56. The Bertz CT molecular complexity index is 320. The number of nitrogens with zero attached hydrogens (tertiary/aromatic N) is 1. The molecule has 0 aliphatic carbocycles. The number of likely N-dealkylation sites (tertiary alicyclic amines) is 1. The van der Waals surface area contributed by atoms with Crippen molar-refractivity contribution < 1.29 is 9.53 Å². The standard InChI is InChI=1S/C15H25NO2/c1-4-14(10-6-7-12-18-5-2)15(17)16-11-8-9-13(16)3/h6-7,10,13H,4-5,8-9,11-12H2,1-3H3/b7-6-,14-10+. The van der Waals surface area contributed by atoms with Crippen LogP contribution in [0.5, 0.6) is 0 Å². The number of hydrogen-bond donors (Lipinski definition) is 0. The van der Waals surface area contributed by atoms with E-state index in [1.807, 2.05) is 37.0 Å². The number of carbonyl (C=O) groups excluding carboxylic acids is 1. The van der Waals surface area contributed by atoms with Crippen LogP contribution >= 0.6 is 0 Å². The van der Waals surface area contributed by atoms with Crippen molar-refractivity contribution in [3.63, 3.8) is 0 Å². The van der Waals surface area contributed by atoms with Crippen LogP contribution in [0.25, 0.3) is 0 Å². The van der Waals surface area contributed by atoms with Crippen molar-refractivity contribution in [2.24, 2.45) is 0 Å². The summed E-state index contributed by atoms with van der Waals surface area (Å²) in [7, 11) is 0. The van der Waals surface area contributed by atoms with Crippen molar-refractivity contribution in [1.82, 2.24) is 4.90 Å². The maximum atomic E-state index is 12.3. The van der Waals surface area contributed by atoms with Gasteiger partial charge < -0.3 is 9.64 Å². The van der Waals surface area contributed by atoms with Gasteiger partial charge in [-0.15, -0.1) is 0 Å². The summed E-state index contributed by atoms with van der Waals surface area (Å²) in [6.07, 6.45) is 8.83. The van der Waals surface area contributed by atoms with Crippen molar-refractivity contribution in [2.45, 2.75) is 46.1 Å². The van der Waals surface area contributed by atoms with E-state index in [0.717, 1.165) is 38.0 Å². The molecule has 0 spiro atoms. The Labute approximate surface area is 110 Å². The minimum Gasteiger partial charge on any atom is -0.378 e. The van der Waals surface area contributed by atoms with Crippen LogP contribution < -0.4 is 0 Å². The van der Waals surface area contributed by atoms with Gasteiger partial charge in [-0.3, -0.25) is 4.79 Å². The molecule has 3 nitrogen and oxygen atoms in total. The third-order valence-electron chi connectivity index (χ3n) is 3.32. The fraction of sp³-hybridized carbons (Fsp3) is 0.667. The molecule has 0 aromatic heterocycles. The van der Waals surface area contributed by atoms with Crippen molar-refractivity contribution in [1.29, 1.82) is 0 Å². The second-order valence-electron chi connectivity index (χ2n) is 4.62. The van der Waals surface area contributed by atoms with Crippen molar-refractivity contribution in [3.05, 3.63) is 23.8 Å². The highest BCUT2D eigenvalue weighted by Crippen LogP contribution is 2.20. The summed E-state index contributed by atoms with van der Waals surface area (Å²) in [6, 6.07) is 0.389. The van der Waals surface area contributed by atoms with E-state index in [1.165, 1.54) is 0 Å². The van der Waals surface area contributed by atoms with Crippen molar-refractivity contribution in [3.8, 4) is 0 Å². The predicted octanol–water partition coefficient (Wildman–Crippen LogP) is 2.93. The van der Waals surface area contributed by atoms with Gasteiger partial charge >= 0.3 is 0 Å². The van der Waals surface area contributed by atoms with E-state index in [1.54, 1.807) is 0 Å².